The van der Waals surface area contributed by atoms with Crippen molar-refractivity contribution in [2.75, 3.05) is 20.6 Å². The van der Waals surface area contributed by atoms with Gasteiger partial charge in [-0.15, -0.1) is 6.58 Å². The zero-order valence-electron chi connectivity index (χ0n) is 13.5. The molecule has 108 valence electrons. The number of nitrogens with one attached hydrogen (secondary N) is 1. The standard InChI is InChI=1S/C16H34N2/c1-8-13-17-15(12-11-14(4)5)16(9-2,10-3)18(6)7/h15,17H,4,8-13H2,1-3,5-7H3. The van der Waals surface area contributed by atoms with Gasteiger partial charge in [-0.3, -0.25) is 0 Å². The third-order valence-corrected chi connectivity index (χ3v) is 4.26. The average Bonchev–Trinajstić information content (AvgIpc) is 2.32. The van der Waals surface area contributed by atoms with Gasteiger partial charge in [-0.2, -0.15) is 0 Å². The van der Waals surface area contributed by atoms with Gasteiger partial charge in [0.25, 0.3) is 0 Å². The molecule has 1 unspecified atom stereocenters. The van der Waals surface area contributed by atoms with E-state index in [9.17, 15) is 0 Å². The quantitative estimate of drug-likeness (QED) is 0.596. The van der Waals surface area contributed by atoms with Gasteiger partial charge < -0.3 is 10.2 Å². The molecule has 0 spiro atoms. The lowest BCUT2D eigenvalue weighted by atomic mass is 9.80. The van der Waals surface area contributed by atoms with Gasteiger partial charge in [-0.05, 0) is 59.7 Å². The van der Waals surface area contributed by atoms with E-state index in [1.807, 2.05) is 0 Å². The second-order valence-corrected chi connectivity index (χ2v) is 5.71. The zero-order chi connectivity index (χ0) is 14.2. The van der Waals surface area contributed by atoms with E-state index in [1.54, 1.807) is 0 Å². The Morgan fingerprint density at radius 3 is 2.11 bits per heavy atom. The summed E-state index contributed by atoms with van der Waals surface area (Å²) in [6, 6.07) is 0.555. The number of hydrogen-bond acceptors (Lipinski definition) is 2. The summed E-state index contributed by atoms with van der Waals surface area (Å²) in [4.78, 5) is 2.42. The Bertz CT molecular complexity index is 229. The maximum Gasteiger partial charge on any atom is 0.0351 e. The van der Waals surface area contributed by atoms with Crippen molar-refractivity contribution in [3.63, 3.8) is 0 Å². The molecule has 2 nitrogen and oxygen atoms in total. The van der Waals surface area contributed by atoms with Crippen molar-refractivity contribution < 1.29 is 0 Å². The van der Waals surface area contributed by atoms with Gasteiger partial charge in [0.2, 0.25) is 0 Å². The Morgan fingerprint density at radius 1 is 1.22 bits per heavy atom. The maximum absolute atomic E-state index is 4.04. The molecule has 0 fully saturated rings. The molecule has 0 aliphatic rings. The number of likely N-dealkylation sites (N-methyl/N-ethyl adjacent to an activating group) is 1. The first-order chi connectivity index (χ1) is 8.44. The molecule has 1 atom stereocenters. The number of allylic oxidation sites excluding steroid dienone is 1. The lowest BCUT2D eigenvalue weighted by molar-refractivity contribution is 0.0842. The first-order valence-corrected chi connectivity index (χ1v) is 7.49. The minimum Gasteiger partial charge on any atom is -0.312 e. The summed E-state index contributed by atoms with van der Waals surface area (Å²) < 4.78 is 0. The third kappa shape index (κ3) is 4.74. The van der Waals surface area contributed by atoms with Crippen LogP contribution < -0.4 is 5.32 Å². The van der Waals surface area contributed by atoms with Crippen LogP contribution in [0, 0.1) is 0 Å². The van der Waals surface area contributed by atoms with Crippen molar-refractivity contribution >= 4 is 0 Å². The number of rotatable bonds is 10. The predicted octanol–water partition coefficient (Wildman–Crippen LogP) is 3.83. The molecule has 1 N–H and O–H groups in total. The van der Waals surface area contributed by atoms with Crippen molar-refractivity contribution in [1.29, 1.82) is 0 Å². The Kier molecular flexibility index (Phi) is 8.54. The largest absolute Gasteiger partial charge is 0.312 e. The van der Waals surface area contributed by atoms with E-state index in [0.717, 1.165) is 13.0 Å². The van der Waals surface area contributed by atoms with E-state index in [4.69, 9.17) is 0 Å². The lowest BCUT2D eigenvalue weighted by Gasteiger charge is -2.46. The molecule has 0 aromatic carbocycles. The van der Waals surface area contributed by atoms with Crippen LogP contribution >= 0.6 is 0 Å². The van der Waals surface area contributed by atoms with Crippen LogP contribution in [0.15, 0.2) is 12.2 Å². The summed E-state index contributed by atoms with van der Waals surface area (Å²) in [6.45, 7) is 14.1. The Labute approximate surface area is 115 Å². The molecule has 2 heteroatoms. The highest BCUT2D eigenvalue weighted by atomic mass is 15.2. The van der Waals surface area contributed by atoms with Crippen molar-refractivity contribution in [2.24, 2.45) is 0 Å². The van der Waals surface area contributed by atoms with Gasteiger partial charge in [-0.1, -0.05) is 26.3 Å². The molecule has 0 saturated carbocycles. The van der Waals surface area contributed by atoms with E-state index in [2.05, 4.69) is 58.6 Å². The fraction of sp³-hybridized carbons (Fsp3) is 0.875. The van der Waals surface area contributed by atoms with E-state index in [1.165, 1.54) is 31.3 Å². The lowest BCUT2D eigenvalue weighted by Crippen LogP contribution is -2.58. The molecule has 0 aliphatic carbocycles. The maximum atomic E-state index is 4.04. The van der Waals surface area contributed by atoms with Crippen molar-refractivity contribution in [2.45, 2.75) is 71.4 Å². The van der Waals surface area contributed by atoms with Gasteiger partial charge in [0, 0.05) is 11.6 Å². The van der Waals surface area contributed by atoms with Crippen molar-refractivity contribution in [1.82, 2.24) is 10.2 Å². The molecule has 0 heterocycles. The smallest absolute Gasteiger partial charge is 0.0351 e. The third-order valence-electron chi connectivity index (χ3n) is 4.26. The fourth-order valence-corrected chi connectivity index (χ4v) is 2.96. The molecule has 18 heavy (non-hydrogen) atoms. The summed E-state index contributed by atoms with van der Waals surface area (Å²) in [6.07, 6.45) is 5.88. The highest BCUT2D eigenvalue weighted by molar-refractivity contribution is 5.00. The minimum atomic E-state index is 0.268. The van der Waals surface area contributed by atoms with Crippen LogP contribution in [0.25, 0.3) is 0 Å². The second-order valence-electron chi connectivity index (χ2n) is 5.71. The molecular formula is C16H34N2. The first kappa shape index (κ1) is 17.7. The van der Waals surface area contributed by atoms with E-state index >= 15 is 0 Å². The molecule has 0 aliphatic heterocycles. The number of hydrogen-bond donors (Lipinski definition) is 1. The summed E-state index contributed by atoms with van der Waals surface area (Å²) in [5, 5.41) is 3.77. The highest BCUT2D eigenvalue weighted by Crippen LogP contribution is 2.29. The molecule has 0 amide bonds. The van der Waals surface area contributed by atoms with Crippen LogP contribution in [0.1, 0.15) is 59.8 Å². The normalized spacial score (nSPS) is 13.9. The van der Waals surface area contributed by atoms with E-state index in [-0.39, 0.29) is 5.54 Å². The van der Waals surface area contributed by atoms with Gasteiger partial charge in [0.05, 0.1) is 0 Å². The first-order valence-electron chi connectivity index (χ1n) is 7.49. The summed E-state index contributed by atoms with van der Waals surface area (Å²) in [5.74, 6) is 0. The monoisotopic (exact) mass is 254 g/mol. The van der Waals surface area contributed by atoms with Gasteiger partial charge in [0.15, 0.2) is 0 Å². The molecule has 0 aromatic rings. The zero-order valence-corrected chi connectivity index (χ0v) is 13.5. The molecule has 0 radical (unpaired) electrons. The minimum absolute atomic E-state index is 0.268. The van der Waals surface area contributed by atoms with Gasteiger partial charge in [0.1, 0.15) is 0 Å². The Morgan fingerprint density at radius 2 is 1.78 bits per heavy atom. The fourth-order valence-electron chi connectivity index (χ4n) is 2.96. The van der Waals surface area contributed by atoms with Gasteiger partial charge >= 0.3 is 0 Å². The highest BCUT2D eigenvalue weighted by Gasteiger charge is 2.36. The molecule has 0 bridgehead atoms. The molecule has 0 rings (SSSR count). The second kappa shape index (κ2) is 8.71. The Balaban J connectivity index is 4.90. The summed E-state index contributed by atoms with van der Waals surface area (Å²) in [5.41, 5.74) is 1.56. The average molecular weight is 254 g/mol. The van der Waals surface area contributed by atoms with Crippen LogP contribution in [0.4, 0.5) is 0 Å². The van der Waals surface area contributed by atoms with E-state index < -0.39 is 0 Å². The molecule has 0 aromatic heterocycles. The summed E-state index contributed by atoms with van der Waals surface area (Å²) >= 11 is 0. The van der Waals surface area contributed by atoms with Crippen LogP contribution in [-0.4, -0.2) is 37.1 Å². The number of nitrogens with zero attached hydrogens (tertiary/aromatic N) is 1. The Hall–Kier alpha value is -0.340. The SMILES string of the molecule is C=C(C)CCC(NCCC)C(CC)(CC)N(C)C. The topological polar surface area (TPSA) is 15.3 Å². The molecular weight excluding hydrogens is 220 g/mol. The predicted molar refractivity (Wildman–Crippen MR) is 83.1 cm³/mol. The summed E-state index contributed by atoms with van der Waals surface area (Å²) in [7, 11) is 4.43. The van der Waals surface area contributed by atoms with Crippen LogP contribution in [0.2, 0.25) is 0 Å². The van der Waals surface area contributed by atoms with Crippen LogP contribution in [-0.2, 0) is 0 Å². The van der Waals surface area contributed by atoms with Gasteiger partial charge in [-0.25, -0.2) is 0 Å². The van der Waals surface area contributed by atoms with Crippen molar-refractivity contribution in [3.05, 3.63) is 12.2 Å². The van der Waals surface area contributed by atoms with Crippen molar-refractivity contribution in [3.8, 4) is 0 Å². The van der Waals surface area contributed by atoms with Crippen LogP contribution in [0.3, 0.4) is 0 Å². The van der Waals surface area contributed by atoms with Crippen LogP contribution in [0.5, 0.6) is 0 Å². The van der Waals surface area contributed by atoms with E-state index in [0.29, 0.717) is 6.04 Å². The molecule has 0 saturated heterocycles.